The van der Waals surface area contributed by atoms with E-state index in [-0.39, 0.29) is 31.1 Å². The molecular weight excluding hydrogens is 757 g/mol. The molecule has 0 radical (unpaired) electrons. The molecule has 1 atom stereocenters. The van der Waals surface area contributed by atoms with Crippen LogP contribution in [0, 0.1) is 0 Å². The second-order valence-corrected chi connectivity index (χ2v) is 16.3. The Morgan fingerprint density at radius 2 is 0.639 bits per heavy atom. The molecule has 0 aliphatic carbocycles. The normalized spacial score (nSPS) is 12.8. The molecule has 0 heterocycles. The molecule has 0 aliphatic rings. The summed E-state index contributed by atoms with van der Waals surface area (Å²) in [5.74, 6) is -0.970. The number of ether oxygens (including phenoxy) is 3. The van der Waals surface area contributed by atoms with Gasteiger partial charge in [0.1, 0.15) is 13.2 Å². The smallest absolute Gasteiger partial charge is 0.306 e. The average molecular weight is 849 g/mol. The van der Waals surface area contributed by atoms with Gasteiger partial charge in [-0.05, 0) is 89.9 Å². The molecule has 6 heteroatoms. The summed E-state index contributed by atoms with van der Waals surface area (Å²) in [6.07, 6.45) is 62.9. The molecule has 0 N–H and O–H groups in total. The SMILES string of the molecule is CC/C=C\C/C=C\C/C=C\C/C=C\C/C=C\CCCCCC(=O)OCC(COC(=O)CCCC/C=C\C/C=C\CC)OC(=O)CCCCCCCCCCCCCCCCC. The Hall–Kier alpha value is -3.41. The van der Waals surface area contributed by atoms with Crippen LogP contribution >= 0.6 is 0 Å². The maximum atomic E-state index is 12.8. The van der Waals surface area contributed by atoms with E-state index in [1.807, 2.05) is 0 Å². The Morgan fingerprint density at radius 3 is 1.03 bits per heavy atom. The quantitative estimate of drug-likeness (QED) is 0.0263. The first kappa shape index (κ1) is 57.6. The largest absolute Gasteiger partial charge is 0.462 e. The standard InChI is InChI=1S/C55H92O6/c1-4-7-10-13-16-19-21-23-25-26-27-28-30-31-33-36-39-42-45-48-54(57)60-51-52(50-59-53(56)47-44-41-38-35-18-15-12-9-6-3)61-55(58)49-46-43-40-37-34-32-29-24-22-20-17-14-11-8-5-2/h7,9-10,12,16,18-19,23,25,27-28,31,33,35,52H,4-6,8,11,13-15,17,20-22,24,26,29-30,32,34,36-51H2,1-3H3/b10-7-,12-9-,19-16-,25-23-,28-27-,33-31-,35-18-. The predicted molar refractivity (Wildman–Crippen MR) is 261 cm³/mol. The first-order valence-electron chi connectivity index (χ1n) is 25.1. The summed E-state index contributed by atoms with van der Waals surface area (Å²) < 4.78 is 16.7. The van der Waals surface area contributed by atoms with Crippen molar-refractivity contribution in [2.75, 3.05) is 13.2 Å². The third-order valence-corrected chi connectivity index (χ3v) is 10.4. The number of carbonyl (C=O) groups is 3. The maximum Gasteiger partial charge on any atom is 0.306 e. The zero-order valence-electron chi connectivity index (χ0n) is 39.7. The van der Waals surface area contributed by atoms with Gasteiger partial charge in [-0.15, -0.1) is 0 Å². The zero-order chi connectivity index (χ0) is 44.4. The molecular formula is C55H92O6. The van der Waals surface area contributed by atoms with E-state index in [1.54, 1.807) is 0 Å². The molecule has 0 rings (SSSR count). The van der Waals surface area contributed by atoms with Crippen molar-refractivity contribution in [1.29, 1.82) is 0 Å². The lowest BCUT2D eigenvalue weighted by Crippen LogP contribution is -2.30. The van der Waals surface area contributed by atoms with Crippen LogP contribution in [0.2, 0.25) is 0 Å². The summed E-state index contributed by atoms with van der Waals surface area (Å²) in [5.41, 5.74) is 0. The lowest BCUT2D eigenvalue weighted by Gasteiger charge is -2.18. The molecule has 0 aromatic rings. The summed E-state index contributed by atoms with van der Waals surface area (Å²) in [5, 5.41) is 0. The van der Waals surface area contributed by atoms with Crippen LogP contribution in [-0.4, -0.2) is 37.2 Å². The fourth-order valence-electron chi connectivity index (χ4n) is 6.68. The van der Waals surface area contributed by atoms with Crippen molar-refractivity contribution < 1.29 is 28.6 Å². The van der Waals surface area contributed by atoms with Crippen molar-refractivity contribution in [1.82, 2.24) is 0 Å². The first-order chi connectivity index (χ1) is 30.0. The summed E-state index contributed by atoms with van der Waals surface area (Å²) in [6.45, 7) is 6.34. The minimum atomic E-state index is -0.800. The van der Waals surface area contributed by atoms with Gasteiger partial charge in [-0.2, -0.15) is 0 Å². The highest BCUT2D eigenvalue weighted by atomic mass is 16.6. The lowest BCUT2D eigenvalue weighted by atomic mass is 10.0. The second kappa shape index (κ2) is 49.2. The molecule has 0 saturated heterocycles. The summed E-state index contributed by atoms with van der Waals surface area (Å²) in [7, 11) is 0. The van der Waals surface area contributed by atoms with E-state index in [0.717, 1.165) is 109 Å². The maximum absolute atomic E-state index is 12.8. The highest BCUT2D eigenvalue weighted by Crippen LogP contribution is 2.15. The molecule has 61 heavy (non-hydrogen) atoms. The van der Waals surface area contributed by atoms with Crippen LogP contribution < -0.4 is 0 Å². The Kier molecular flexibility index (Phi) is 46.5. The minimum Gasteiger partial charge on any atom is -0.462 e. The molecule has 0 amide bonds. The van der Waals surface area contributed by atoms with Gasteiger partial charge in [-0.1, -0.05) is 202 Å². The van der Waals surface area contributed by atoms with Crippen molar-refractivity contribution in [3.8, 4) is 0 Å². The number of carbonyl (C=O) groups excluding carboxylic acids is 3. The third kappa shape index (κ3) is 47.5. The Bertz CT molecular complexity index is 1200. The number of allylic oxidation sites excluding steroid dienone is 14. The molecule has 0 aromatic carbocycles. The van der Waals surface area contributed by atoms with Gasteiger partial charge in [0.05, 0.1) is 0 Å². The van der Waals surface area contributed by atoms with Crippen molar-refractivity contribution in [3.63, 3.8) is 0 Å². The van der Waals surface area contributed by atoms with E-state index >= 15 is 0 Å². The van der Waals surface area contributed by atoms with Crippen molar-refractivity contribution in [3.05, 3.63) is 85.1 Å². The van der Waals surface area contributed by atoms with E-state index in [2.05, 4.69) is 106 Å². The molecule has 348 valence electrons. The van der Waals surface area contributed by atoms with Gasteiger partial charge >= 0.3 is 17.9 Å². The second-order valence-electron chi connectivity index (χ2n) is 16.3. The average Bonchev–Trinajstić information content (AvgIpc) is 3.26. The van der Waals surface area contributed by atoms with E-state index in [1.165, 1.54) is 77.0 Å². The van der Waals surface area contributed by atoms with Crippen LogP contribution in [0.25, 0.3) is 0 Å². The Morgan fingerprint density at radius 1 is 0.344 bits per heavy atom. The van der Waals surface area contributed by atoms with Crippen LogP contribution in [0.1, 0.15) is 226 Å². The zero-order valence-corrected chi connectivity index (χ0v) is 39.7. The van der Waals surface area contributed by atoms with Gasteiger partial charge in [0.15, 0.2) is 6.10 Å². The summed E-state index contributed by atoms with van der Waals surface area (Å²) in [4.78, 5) is 37.8. The van der Waals surface area contributed by atoms with Gasteiger partial charge < -0.3 is 14.2 Å². The Labute approximate surface area is 375 Å². The van der Waals surface area contributed by atoms with E-state index in [9.17, 15) is 14.4 Å². The number of unbranched alkanes of at least 4 members (excludes halogenated alkanes) is 19. The number of esters is 3. The predicted octanol–water partition coefficient (Wildman–Crippen LogP) is 16.4. The molecule has 1 unspecified atom stereocenters. The fraction of sp³-hybridized carbons (Fsp3) is 0.691. The first-order valence-corrected chi connectivity index (χ1v) is 25.1. The van der Waals surface area contributed by atoms with Crippen LogP contribution in [0.5, 0.6) is 0 Å². The van der Waals surface area contributed by atoms with E-state index in [4.69, 9.17) is 14.2 Å². The fourth-order valence-corrected chi connectivity index (χ4v) is 6.68. The van der Waals surface area contributed by atoms with Crippen molar-refractivity contribution >= 4 is 17.9 Å². The molecule has 6 nitrogen and oxygen atoms in total. The van der Waals surface area contributed by atoms with E-state index < -0.39 is 6.10 Å². The number of rotatable bonds is 44. The van der Waals surface area contributed by atoms with Gasteiger partial charge in [-0.3, -0.25) is 14.4 Å². The highest BCUT2D eigenvalue weighted by molar-refractivity contribution is 5.71. The van der Waals surface area contributed by atoms with Crippen molar-refractivity contribution in [2.45, 2.75) is 232 Å². The minimum absolute atomic E-state index is 0.103. The van der Waals surface area contributed by atoms with Crippen LogP contribution in [0.4, 0.5) is 0 Å². The Balaban J connectivity index is 4.40. The van der Waals surface area contributed by atoms with Gasteiger partial charge in [0.2, 0.25) is 0 Å². The lowest BCUT2D eigenvalue weighted by molar-refractivity contribution is -0.167. The summed E-state index contributed by atoms with van der Waals surface area (Å²) in [6, 6.07) is 0. The van der Waals surface area contributed by atoms with Gasteiger partial charge in [-0.25, -0.2) is 0 Å². The number of hydrogen-bond donors (Lipinski definition) is 0. The van der Waals surface area contributed by atoms with Gasteiger partial charge in [0, 0.05) is 19.3 Å². The number of hydrogen-bond acceptors (Lipinski definition) is 6. The topological polar surface area (TPSA) is 78.9 Å². The van der Waals surface area contributed by atoms with Crippen LogP contribution in [0.3, 0.4) is 0 Å². The molecule has 0 aliphatic heterocycles. The molecule has 0 spiro atoms. The molecule has 0 bridgehead atoms. The van der Waals surface area contributed by atoms with Gasteiger partial charge in [0.25, 0.3) is 0 Å². The molecule has 0 fully saturated rings. The van der Waals surface area contributed by atoms with E-state index in [0.29, 0.717) is 19.3 Å². The highest BCUT2D eigenvalue weighted by Gasteiger charge is 2.19. The monoisotopic (exact) mass is 849 g/mol. The van der Waals surface area contributed by atoms with Crippen LogP contribution in [-0.2, 0) is 28.6 Å². The van der Waals surface area contributed by atoms with Crippen LogP contribution in [0.15, 0.2) is 85.1 Å². The third-order valence-electron chi connectivity index (χ3n) is 10.4. The summed E-state index contributed by atoms with van der Waals surface area (Å²) >= 11 is 0. The molecule has 0 saturated carbocycles. The van der Waals surface area contributed by atoms with Crippen molar-refractivity contribution in [2.24, 2.45) is 0 Å². The molecule has 0 aromatic heterocycles.